The number of anilines is 1. The zero-order chi connectivity index (χ0) is 18.4. The number of carbonyl (C=O) groups is 2. The maximum atomic E-state index is 12.3. The molecule has 0 spiro atoms. The second kappa shape index (κ2) is 8.47. The summed E-state index contributed by atoms with van der Waals surface area (Å²) in [5.74, 6) is -0.107. The van der Waals surface area contributed by atoms with Gasteiger partial charge in [-0.15, -0.1) is 0 Å². The number of amides is 2. The Labute approximate surface area is 149 Å². The maximum absolute atomic E-state index is 12.3. The summed E-state index contributed by atoms with van der Waals surface area (Å²) in [6, 6.07) is 14.1. The molecule has 0 saturated heterocycles. The van der Waals surface area contributed by atoms with Gasteiger partial charge in [-0.3, -0.25) is 9.59 Å². The lowest BCUT2D eigenvalue weighted by atomic mass is 10.1. The van der Waals surface area contributed by atoms with Gasteiger partial charge in [0.1, 0.15) is 0 Å². The van der Waals surface area contributed by atoms with Crippen molar-refractivity contribution in [1.82, 2.24) is 4.90 Å². The molecule has 2 rings (SSSR count). The van der Waals surface area contributed by atoms with Gasteiger partial charge in [-0.25, -0.2) is 0 Å². The van der Waals surface area contributed by atoms with Crippen LogP contribution in [0.5, 0.6) is 0 Å². The number of carbonyl (C=O) groups excluding carboxylic acids is 2. The first-order valence-corrected chi connectivity index (χ1v) is 8.53. The fourth-order valence-corrected chi connectivity index (χ4v) is 2.58. The van der Waals surface area contributed by atoms with Gasteiger partial charge in [0.25, 0.3) is 0 Å². The summed E-state index contributed by atoms with van der Waals surface area (Å²) in [6.45, 7) is 8.45. The molecule has 132 valence electrons. The quantitative estimate of drug-likeness (QED) is 0.866. The van der Waals surface area contributed by atoms with Crippen molar-refractivity contribution in [2.75, 3.05) is 11.9 Å². The van der Waals surface area contributed by atoms with Crippen molar-refractivity contribution in [2.24, 2.45) is 0 Å². The third-order valence-corrected chi connectivity index (χ3v) is 4.22. The molecule has 0 saturated carbocycles. The summed E-state index contributed by atoms with van der Waals surface area (Å²) in [7, 11) is 0. The van der Waals surface area contributed by atoms with Crippen molar-refractivity contribution in [1.29, 1.82) is 0 Å². The Kier molecular flexibility index (Phi) is 6.34. The van der Waals surface area contributed by atoms with Crippen molar-refractivity contribution < 1.29 is 9.59 Å². The molecule has 0 aliphatic heterocycles. The number of rotatable bonds is 6. The van der Waals surface area contributed by atoms with Gasteiger partial charge in [0, 0.05) is 32.1 Å². The van der Waals surface area contributed by atoms with Gasteiger partial charge in [0.2, 0.25) is 11.8 Å². The second-order valence-corrected chi connectivity index (χ2v) is 6.54. The highest BCUT2D eigenvalue weighted by Gasteiger charge is 2.12. The Balaban J connectivity index is 1.93. The highest BCUT2D eigenvalue weighted by molar-refractivity contribution is 5.92. The zero-order valence-electron chi connectivity index (χ0n) is 15.4. The molecule has 1 N–H and O–H groups in total. The maximum Gasteiger partial charge on any atom is 0.226 e. The van der Waals surface area contributed by atoms with Crippen molar-refractivity contribution in [3.8, 4) is 0 Å². The van der Waals surface area contributed by atoms with E-state index in [4.69, 9.17) is 0 Å². The number of hydrogen-bond donors (Lipinski definition) is 1. The van der Waals surface area contributed by atoms with Gasteiger partial charge < -0.3 is 10.2 Å². The van der Waals surface area contributed by atoms with E-state index in [1.807, 2.05) is 63.2 Å². The molecule has 4 heteroatoms. The first kappa shape index (κ1) is 18.7. The molecular formula is C21H26N2O2. The Bertz CT molecular complexity index is 751. The standard InChI is InChI=1S/C21H26N2O2/c1-15-6-9-19(10-7-15)14-23(18(4)24)12-11-21(25)22-20-13-16(2)5-8-17(20)3/h5-10,13H,11-12,14H2,1-4H3,(H,22,25). The minimum atomic E-state index is -0.0798. The fourth-order valence-electron chi connectivity index (χ4n) is 2.58. The molecule has 2 aromatic carbocycles. The Morgan fingerprint density at radius 2 is 1.60 bits per heavy atom. The van der Waals surface area contributed by atoms with Crippen LogP contribution in [0.2, 0.25) is 0 Å². The minimum absolute atomic E-state index is 0.0277. The molecule has 0 fully saturated rings. The van der Waals surface area contributed by atoms with E-state index in [2.05, 4.69) is 5.32 Å². The van der Waals surface area contributed by atoms with E-state index in [1.165, 1.54) is 12.5 Å². The molecule has 2 amide bonds. The average molecular weight is 338 g/mol. The molecule has 0 radical (unpaired) electrons. The average Bonchev–Trinajstić information content (AvgIpc) is 2.56. The first-order chi connectivity index (χ1) is 11.8. The highest BCUT2D eigenvalue weighted by Crippen LogP contribution is 2.16. The van der Waals surface area contributed by atoms with Crippen LogP contribution < -0.4 is 5.32 Å². The van der Waals surface area contributed by atoms with Crippen LogP contribution >= 0.6 is 0 Å². The van der Waals surface area contributed by atoms with Crippen LogP contribution in [0.25, 0.3) is 0 Å². The molecule has 0 aliphatic carbocycles. The predicted octanol–water partition coefficient (Wildman–Crippen LogP) is 3.99. The van der Waals surface area contributed by atoms with Gasteiger partial charge >= 0.3 is 0 Å². The molecule has 0 heterocycles. The van der Waals surface area contributed by atoms with E-state index in [0.717, 1.165) is 22.4 Å². The van der Waals surface area contributed by atoms with Crippen LogP contribution in [-0.4, -0.2) is 23.3 Å². The smallest absolute Gasteiger partial charge is 0.226 e. The molecule has 4 nitrogen and oxygen atoms in total. The van der Waals surface area contributed by atoms with Gasteiger partial charge in [-0.2, -0.15) is 0 Å². The van der Waals surface area contributed by atoms with E-state index in [9.17, 15) is 9.59 Å². The van der Waals surface area contributed by atoms with Crippen molar-refractivity contribution in [2.45, 2.75) is 40.7 Å². The molecule has 0 aliphatic rings. The third kappa shape index (κ3) is 5.75. The summed E-state index contributed by atoms with van der Waals surface area (Å²) in [4.78, 5) is 25.8. The first-order valence-electron chi connectivity index (χ1n) is 8.53. The summed E-state index contributed by atoms with van der Waals surface area (Å²) < 4.78 is 0. The van der Waals surface area contributed by atoms with Crippen LogP contribution in [0.4, 0.5) is 5.69 Å². The van der Waals surface area contributed by atoms with Crippen LogP contribution in [0.1, 0.15) is 35.6 Å². The number of nitrogens with zero attached hydrogens (tertiary/aromatic N) is 1. The summed E-state index contributed by atoms with van der Waals surface area (Å²) in [5, 5.41) is 2.94. The normalized spacial score (nSPS) is 10.4. The monoisotopic (exact) mass is 338 g/mol. The number of nitrogens with one attached hydrogen (secondary N) is 1. The lowest BCUT2D eigenvalue weighted by Gasteiger charge is -2.21. The number of hydrogen-bond acceptors (Lipinski definition) is 2. The van der Waals surface area contributed by atoms with E-state index < -0.39 is 0 Å². The van der Waals surface area contributed by atoms with Gasteiger partial charge in [0.15, 0.2) is 0 Å². The molecule has 2 aromatic rings. The molecule has 0 atom stereocenters. The molecule has 25 heavy (non-hydrogen) atoms. The van der Waals surface area contributed by atoms with Crippen molar-refractivity contribution >= 4 is 17.5 Å². The highest BCUT2D eigenvalue weighted by atomic mass is 16.2. The Morgan fingerprint density at radius 3 is 2.24 bits per heavy atom. The third-order valence-electron chi connectivity index (χ3n) is 4.22. The van der Waals surface area contributed by atoms with E-state index in [1.54, 1.807) is 4.90 Å². The van der Waals surface area contributed by atoms with Crippen molar-refractivity contribution in [3.63, 3.8) is 0 Å². The lowest BCUT2D eigenvalue weighted by molar-refractivity contribution is -0.129. The van der Waals surface area contributed by atoms with Gasteiger partial charge in [0.05, 0.1) is 0 Å². The largest absolute Gasteiger partial charge is 0.338 e. The van der Waals surface area contributed by atoms with E-state index >= 15 is 0 Å². The van der Waals surface area contributed by atoms with Crippen LogP contribution in [-0.2, 0) is 16.1 Å². The van der Waals surface area contributed by atoms with Gasteiger partial charge in [-0.05, 0) is 43.5 Å². The second-order valence-electron chi connectivity index (χ2n) is 6.54. The van der Waals surface area contributed by atoms with Crippen LogP contribution in [0.15, 0.2) is 42.5 Å². The zero-order valence-corrected chi connectivity index (χ0v) is 15.4. The SMILES string of the molecule is CC(=O)N(CCC(=O)Nc1cc(C)ccc1C)Cc1ccc(C)cc1. The minimum Gasteiger partial charge on any atom is -0.338 e. The molecule has 0 unspecified atom stereocenters. The molecular weight excluding hydrogens is 312 g/mol. The molecule has 0 aromatic heterocycles. The van der Waals surface area contributed by atoms with Crippen molar-refractivity contribution in [3.05, 3.63) is 64.7 Å². The van der Waals surface area contributed by atoms with E-state index in [0.29, 0.717) is 13.1 Å². The fraction of sp³-hybridized carbons (Fsp3) is 0.333. The lowest BCUT2D eigenvalue weighted by Crippen LogP contribution is -2.31. The summed E-state index contributed by atoms with van der Waals surface area (Å²) in [5.41, 5.74) is 5.22. The Morgan fingerprint density at radius 1 is 0.960 bits per heavy atom. The van der Waals surface area contributed by atoms with E-state index in [-0.39, 0.29) is 18.2 Å². The molecule has 0 bridgehead atoms. The summed E-state index contributed by atoms with van der Waals surface area (Å²) >= 11 is 0. The van der Waals surface area contributed by atoms with Crippen LogP contribution in [0, 0.1) is 20.8 Å². The topological polar surface area (TPSA) is 49.4 Å². The Hall–Kier alpha value is -2.62. The van der Waals surface area contributed by atoms with Gasteiger partial charge in [-0.1, -0.05) is 42.0 Å². The number of aryl methyl sites for hydroxylation is 3. The van der Waals surface area contributed by atoms with Crippen LogP contribution in [0.3, 0.4) is 0 Å². The predicted molar refractivity (Wildman–Crippen MR) is 101 cm³/mol. The number of benzene rings is 2. The summed E-state index contributed by atoms with van der Waals surface area (Å²) in [6.07, 6.45) is 0.277.